The summed E-state index contributed by atoms with van der Waals surface area (Å²) in [6, 6.07) is 3.72. The average molecular weight is 281 g/mol. The van der Waals surface area contributed by atoms with E-state index in [0.29, 0.717) is 17.9 Å². The highest BCUT2D eigenvalue weighted by molar-refractivity contribution is 5.22. The maximum absolute atomic E-state index is 13.9. The quantitative estimate of drug-likeness (QED) is 0.896. The van der Waals surface area contributed by atoms with Crippen molar-refractivity contribution in [1.82, 2.24) is 5.32 Å². The van der Waals surface area contributed by atoms with Gasteiger partial charge in [-0.15, -0.1) is 0 Å². The van der Waals surface area contributed by atoms with E-state index in [9.17, 15) is 8.78 Å². The first-order valence-corrected chi connectivity index (χ1v) is 7.35. The highest BCUT2D eigenvalue weighted by atomic mass is 19.1. The molecule has 0 aromatic heterocycles. The highest BCUT2D eigenvalue weighted by Gasteiger charge is 2.50. The molecule has 3 rings (SSSR count). The lowest BCUT2D eigenvalue weighted by molar-refractivity contribution is 0.0311. The third kappa shape index (κ3) is 2.59. The molecule has 2 atom stereocenters. The topological polar surface area (TPSA) is 21.3 Å². The summed E-state index contributed by atoms with van der Waals surface area (Å²) in [6.45, 7) is 1.50. The molecule has 0 spiro atoms. The van der Waals surface area contributed by atoms with Crippen LogP contribution in [0, 0.1) is 23.0 Å². The predicted molar refractivity (Wildman–Crippen MR) is 73.5 cm³/mol. The van der Waals surface area contributed by atoms with Crippen LogP contribution in [0.4, 0.5) is 8.78 Å². The van der Waals surface area contributed by atoms with Gasteiger partial charge in [-0.1, -0.05) is 0 Å². The van der Waals surface area contributed by atoms with Crippen molar-refractivity contribution in [2.24, 2.45) is 11.3 Å². The molecule has 110 valence electrons. The Balaban J connectivity index is 1.88. The number of benzene rings is 1. The summed E-state index contributed by atoms with van der Waals surface area (Å²) in [4.78, 5) is 0. The molecule has 0 radical (unpaired) electrons. The predicted octanol–water partition coefficient (Wildman–Crippen LogP) is 2.91. The molecule has 1 saturated carbocycles. The van der Waals surface area contributed by atoms with Crippen molar-refractivity contribution in [1.29, 1.82) is 0 Å². The summed E-state index contributed by atoms with van der Waals surface area (Å²) in [5.41, 5.74) is 0.362. The van der Waals surface area contributed by atoms with Gasteiger partial charge in [0.1, 0.15) is 11.6 Å². The summed E-state index contributed by atoms with van der Waals surface area (Å²) < 4.78 is 33.3. The van der Waals surface area contributed by atoms with Crippen molar-refractivity contribution < 1.29 is 13.5 Å². The van der Waals surface area contributed by atoms with Gasteiger partial charge in [-0.2, -0.15) is 0 Å². The third-order valence-corrected chi connectivity index (χ3v) is 4.63. The van der Waals surface area contributed by atoms with Gasteiger partial charge in [0.2, 0.25) is 0 Å². The van der Waals surface area contributed by atoms with Crippen LogP contribution in [0.15, 0.2) is 18.2 Å². The van der Waals surface area contributed by atoms with E-state index in [1.54, 1.807) is 0 Å². The second-order valence-electron chi connectivity index (χ2n) is 6.18. The molecule has 20 heavy (non-hydrogen) atoms. The van der Waals surface area contributed by atoms with Crippen LogP contribution in [0.25, 0.3) is 0 Å². The zero-order valence-electron chi connectivity index (χ0n) is 11.8. The summed E-state index contributed by atoms with van der Waals surface area (Å²) in [6.07, 6.45) is 4.02. The minimum absolute atomic E-state index is 0.107. The standard InChI is InChI=1S/C16H21F2NO/c1-19-10-16(6-7-20-15(16)11-2-3-11)9-12-8-13(17)4-5-14(12)18/h4-5,8,11,15,19H,2-3,6-7,9-10H2,1H3. The molecule has 2 fully saturated rings. The van der Waals surface area contributed by atoms with E-state index in [2.05, 4.69) is 5.32 Å². The Morgan fingerprint density at radius 3 is 2.85 bits per heavy atom. The molecule has 1 saturated heterocycles. The van der Waals surface area contributed by atoms with Crippen LogP contribution in [-0.2, 0) is 11.2 Å². The van der Waals surface area contributed by atoms with E-state index >= 15 is 0 Å². The average Bonchev–Trinajstić information content (AvgIpc) is 3.17. The lowest BCUT2D eigenvalue weighted by Crippen LogP contribution is -2.42. The van der Waals surface area contributed by atoms with Gasteiger partial charge in [0.15, 0.2) is 0 Å². The van der Waals surface area contributed by atoms with Crippen molar-refractivity contribution in [3.63, 3.8) is 0 Å². The van der Waals surface area contributed by atoms with Gasteiger partial charge in [-0.05, 0) is 62.4 Å². The van der Waals surface area contributed by atoms with Gasteiger partial charge >= 0.3 is 0 Å². The molecular weight excluding hydrogens is 260 g/mol. The van der Waals surface area contributed by atoms with E-state index < -0.39 is 0 Å². The van der Waals surface area contributed by atoms with Gasteiger partial charge < -0.3 is 10.1 Å². The van der Waals surface area contributed by atoms with E-state index in [1.807, 2.05) is 7.05 Å². The number of nitrogens with one attached hydrogen (secondary N) is 1. The van der Waals surface area contributed by atoms with Gasteiger partial charge in [-0.3, -0.25) is 0 Å². The number of hydrogen-bond acceptors (Lipinski definition) is 2. The molecule has 1 aliphatic carbocycles. The molecule has 1 aliphatic heterocycles. The lowest BCUT2D eigenvalue weighted by atomic mass is 9.74. The SMILES string of the molecule is CNCC1(Cc2cc(F)ccc2F)CCOC1C1CC1. The van der Waals surface area contributed by atoms with Crippen LogP contribution < -0.4 is 5.32 Å². The first-order valence-electron chi connectivity index (χ1n) is 7.35. The smallest absolute Gasteiger partial charge is 0.126 e. The zero-order chi connectivity index (χ0) is 14.2. The van der Waals surface area contributed by atoms with Crippen LogP contribution >= 0.6 is 0 Å². The molecule has 1 aromatic carbocycles. The van der Waals surface area contributed by atoms with Crippen LogP contribution in [0.2, 0.25) is 0 Å². The minimum atomic E-state index is -0.372. The van der Waals surface area contributed by atoms with Gasteiger partial charge in [-0.25, -0.2) is 8.78 Å². The fraction of sp³-hybridized carbons (Fsp3) is 0.625. The first-order chi connectivity index (χ1) is 9.64. The second kappa shape index (κ2) is 5.41. The largest absolute Gasteiger partial charge is 0.377 e. The maximum atomic E-state index is 13.9. The molecule has 1 N–H and O–H groups in total. The summed E-state index contributed by atoms with van der Waals surface area (Å²) in [5.74, 6) is -0.0892. The van der Waals surface area contributed by atoms with E-state index in [1.165, 1.54) is 31.0 Å². The molecule has 2 aliphatic rings. The van der Waals surface area contributed by atoms with Crippen LogP contribution in [0.5, 0.6) is 0 Å². The van der Waals surface area contributed by atoms with Crippen LogP contribution in [0.3, 0.4) is 0 Å². The molecule has 1 aromatic rings. The van der Waals surface area contributed by atoms with E-state index in [0.717, 1.165) is 19.6 Å². The van der Waals surface area contributed by atoms with Crippen LogP contribution in [-0.4, -0.2) is 26.3 Å². The molecular formula is C16H21F2NO. The number of rotatable bonds is 5. The van der Waals surface area contributed by atoms with Crippen molar-refractivity contribution in [2.75, 3.05) is 20.2 Å². The minimum Gasteiger partial charge on any atom is -0.377 e. The molecule has 2 unspecified atom stereocenters. The van der Waals surface area contributed by atoms with E-state index in [-0.39, 0.29) is 23.2 Å². The monoisotopic (exact) mass is 281 g/mol. The van der Waals surface area contributed by atoms with Crippen LogP contribution in [0.1, 0.15) is 24.8 Å². The Hall–Kier alpha value is -1.00. The fourth-order valence-electron chi connectivity index (χ4n) is 3.59. The van der Waals surface area contributed by atoms with Crippen molar-refractivity contribution in [3.8, 4) is 0 Å². The fourth-order valence-corrected chi connectivity index (χ4v) is 3.59. The Morgan fingerprint density at radius 1 is 1.35 bits per heavy atom. The normalized spacial score (nSPS) is 29.9. The number of halogens is 2. The van der Waals surface area contributed by atoms with Gasteiger partial charge in [0, 0.05) is 18.6 Å². The second-order valence-corrected chi connectivity index (χ2v) is 6.18. The van der Waals surface area contributed by atoms with Crippen molar-refractivity contribution >= 4 is 0 Å². The Bertz CT molecular complexity index is 489. The maximum Gasteiger partial charge on any atom is 0.126 e. The summed E-state index contributed by atoms with van der Waals surface area (Å²) in [5, 5.41) is 3.22. The molecule has 2 nitrogen and oxygen atoms in total. The summed E-state index contributed by atoms with van der Waals surface area (Å²) in [7, 11) is 1.91. The molecule has 4 heteroatoms. The Kier molecular flexibility index (Phi) is 3.78. The molecule has 1 heterocycles. The number of ether oxygens (including phenoxy) is 1. The summed E-state index contributed by atoms with van der Waals surface area (Å²) >= 11 is 0. The molecule has 0 amide bonds. The van der Waals surface area contributed by atoms with Crippen molar-refractivity contribution in [2.45, 2.75) is 31.8 Å². The van der Waals surface area contributed by atoms with Gasteiger partial charge in [0.25, 0.3) is 0 Å². The van der Waals surface area contributed by atoms with Crippen molar-refractivity contribution in [3.05, 3.63) is 35.4 Å². The Morgan fingerprint density at radius 2 is 2.15 bits per heavy atom. The van der Waals surface area contributed by atoms with Gasteiger partial charge in [0.05, 0.1) is 6.10 Å². The molecule has 0 bridgehead atoms. The van der Waals surface area contributed by atoms with E-state index in [4.69, 9.17) is 4.74 Å². The zero-order valence-corrected chi connectivity index (χ0v) is 11.8. The Labute approximate surface area is 118 Å². The first kappa shape index (κ1) is 14.0. The number of hydrogen-bond donors (Lipinski definition) is 1. The third-order valence-electron chi connectivity index (χ3n) is 4.63. The lowest BCUT2D eigenvalue weighted by Gasteiger charge is -2.34. The highest BCUT2D eigenvalue weighted by Crippen LogP contribution is 2.49.